The molecule has 0 fully saturated rings. The van der Waals surface area contributed by atoms with Crippen LogP contribution in [-0.4, -0.2) is 10.8 Å². The lowest BCUT2D eigenvalue weighted by Gasteiger charge is -2.16. The van der Waals surface area contributed by atoms with Gasteiger partial charge in [-0.15, -0.1) is 0 Å². The van der Waals surface area contributed by atoms with E-state index in [1.54, 1.807) is 0 Å². The third kappa shape index (κ3) is 3.75. The zero-order valence-electron chi connectivity index (χ0n) is 10.5. The van der Waals surface area contributed by atoms with Crippen LogP contribution in [0.15, 0.2) is 64.0 Å². The Balaban J connectivity index is 2.29. The molecule has 0 aliphatic carbocycles. The minimum absolute atomic E-state index is 0.0487. The highest BCUT2D eigenvalue weighted by Gasteiger charge is 2.19. The van der Waals surface area contributed by atoms with Gasteiger partial charge in [-0.2, -0.15) is 0 Å². The molecule has 0 radical (unpaired) electrons. The van der Waals surface area contributed by atoms with Gasteiger partial charge in [-0.25, -0.2) is 0 Å². The van der Waals surface area contributed by atoms with E-state index in [0.29, 0.717) is 13.0 Å². The number of hydrogen-bond donors (Lipinski definition) is 1. The zero-order valence-corrected chi connectivity index (χ0v) is 12.9. The minimum Gasteiger partial charge on any atom is -0.330 e. The van der Waals surface area contributed by atoms with E-state index in [1.807, 2.05) is 54.6 Å². The largest absolute Gasteiger partial charge is 0.330 e. The van der Waals surface area contributed by atoms with Gasteiger partial charge in [-0.1, -0.05) is 46.3 Å². The fourth-order valence-electron chi connectivity index (χ4n) is 1.95. The summed E-state index contributed by atoms with van der Waals surface area (Å²) in [7, 11) is -1.08. The van der Waals surface area contributed by atoms with E-state index in [9.17, 15) is 4.21 Å². The van der Waals surface area contributed by atoms with Crippen LogP contribution in [0.25, 0.3) is 0 Å². The lowest BCUT2D eigenvalue weighted by molar-refractivity contribution is 0.664. The monoisotopic (exact) mass is 337 g/mol. The first-order chi connectivity index (χ1) is 9.22. The maximum absolute atomic E-state index is 12.7. The van der Waals surface area contributed by atoms with Crippen LogP contribution in [0.5, 0.6) is 0 Å². The van der Waals surface area contributed by atoms with Crippen LogP contribution in [0.1, 0.15) is 17.2 Å². The molecule has 19 heavy (non-hydrogen) atoms. The lowest BCUT2D eigenvalue weighted by atomic mass is 10.1. The first-order valence-corrected chi connectivity index (χ1v) is 8.14. The molecule has 0 bridgehead atoms. The Labute approximate surface area is 124 Å². The van der Waals surface area contributed by atoms with Crippen molar-refractivity contribution in [2.24, 2.45) is 5.73 Å². The summed E-state index contributed by atoms with van der Waals surface area (Å²) in [5, 5.41) is -0.0487. The Morgan fingerprint density at radius 2 is 1.68 bits per heavy atom. The Morgan fingerprint density at radius 1 is 1.05 bits per heavy atom. The second-order valence-corrected chi connectivity index (χ2v) is 6.78. The molecule has 4 heteroatoms. The molecule has 2 aromatic rings. The molecule has 2 nitrogen and oxygen atoms in total. The SMILES string of the molecule is NCCC(c1ccccc1)S(=O)c1ccc(Br)cc1. The van der Waals surface area contributed by atoms with E-state index in [2.05, 4.69) is 15.9 Å². The topological polar surface area (TPSA) is 43.1 Å². The molecule has 2 aromatic carbocycles. The van der Waals surface area contributed by atoms with Gasteiger partial charge in [0.2, 0.25) is 0 Å². The molecule has 2 rings (SSSR count). The van der Waals surface area contributed by atoms with Gasteiger partial charge in [-0.05, 0) is 42.8 Å². The third-order valence-corrected chi connectivity index (χ3v) is 5.19. The van der Waals surface area contributed by atoms with Crippen molar-refractivity contribution in [3.05, 3.63) is 64.6 Å². The van der Waals surface area contributed by atoms with Crippen molar-refractivity contribution >= 4 is 26.7 Å². The molecule has 100 valence electrons. The van der Waals surface area contributed by atoms with Crippen LogP contribution >= 0.6 is 15.9 Å². The Bertz CT molecular complexity index is 542. The molecular weight excluding hydrogens is 322 g/mol. The average Bonchev–Trinajstić information content (AvgIpc) is 2.46. The van der Waals surface area contributed by atoms with Gasteiger partial charge in [0.1, 0.15) is 0 Å². The number of rotatable bonds is 5. The molecule has 0 heterocycles. The Hall–Kier alpha value is -0.970. The second kappa shape index (κ2) is 6.98. The van der Waals surface area contributed by atoms with E-state index in [0.717, 1.165) is 14.9 Å². The fraction of sp³-hybridized carbons (Fsp3) is 0.200. The zero-order chi connectivity index (χ0) is 13.7. The maximum Gasteiger partial charge on any atom is 0.0655 e. The van der Waals surface area contributed by atoms with E-state index >= 15 is 0 Å². The van der Waals surface area contributed by atoms with Crippen LogP contribution < -0.4 is 5.73 Å². The summed E-state index contributed by atoms with van der Waals surface area (Å²) < 4.78 is 13.7. The molecule has 0 spiro atoms. The van der Waals surface area contributed by atoms with Crippen molar-refractivity contribution in [2.45, 2.75) is 16.6 Å². The second-order valence-electron chi connectivity index (χ2n) is 4.23. The normalized spacial score (nSPS) is 14.0. The van der Waals surface area contributed by atoms with Crippen LogP contribution in [-0.2, 0) is 10.8 Å². The predicted octanol–water partition coefficient (Wildman–Crippen LogP) is 3.65. The Morgan fingerprint density at radius 3 is 2.26 bits per heavy atom. The van der Waals surface area contributed by atoms with E-state index < -0.39 is 10.8 Å². The molecule has 0 saturated carbocycles. The van der Waals surface area contributed by atoms with Crippen molar-refractivity contribution in [3.63, 3.8) is 0 Å². The third-order valence-electron chi connectivity index (χ3n) is 2.90. The molecule has 2 N–H and O–H groups in total. The van der Waals surface area contributed by atoms with Gasteiger partial charge in [0.25, 0.3) is 0 Å². The van der Waals surface area contributed by atoms with E-state index in [-0.39, 0.29) is 5.25 Å². The summed E-state index contributed by atoms with van der Waals surface area (Å²) in [6.45, 7) is 0.530. The molecular formula is C15H16BrNOS. The molecule has 2 unspecified atom stereocenters. The Kier molecular flexibility index (Phi) is 5.31. The standard InChI is InChI=1S/C15H16BrNOS/c16-13-6-8-14(9-7-13)19(18)15(10-11-17)12-4-2-1-3-5-12/h1-9,15H,10-11,17H2. The summed E-state index contributed by atoms with van der Waals surface area (Å²) >= 11 is 3.39. The van der Waals surface area contributed by atoms with Gasteiger partial charge in [-0.3, -0.25) is 4.21 Å². The highest BCUT2D eigenvalue weighted by molar-refractivity contribution is 9.10. The summed E-state index contributed by atoms with van der Waals surface area (Å²) in [5.74, 6) is 0. The number of halogens is 1. The molecule has 0 aliphatic rings. The van der Waals surface area contributed by atoms with Gasteiger partial charge < -0.3 is 5.73 Å². The van der Waals surface area contributed by atoms with Crippen LogP contribution in [0.3, 0.4) is 0 Å². The van der Waals surface area contributed by atoms with Crippen molar-refractivity contribution < 1.29 is 4.21 Å². The maximum atomic E-state index is 12.7. The number of nitrogens with two attached hydrogens (primary N) is 1. The summed E-state index contributed by atoms with van der Waals surface area (Å²) in [6.07, 6.45) is 0.715. The number of benzene rings is 2. The fourth-order valence-corrected chi connectivity index (χ4v) is 3.70. The van der Waals surface area contributed by atoms with Crippen molar-refractivity contribution in [2.75, 3.05) is 6.54 Å². The molecule has 0 aliphatic heterocycles. The summed E-state index contributed by atoms with van der Waals surface area (Å²) in [5.41, 5.74) is 6.74. The summed E-state index contributed by atoms with van der Waals surface area (Å²) in [4.78, 5) is 0.838. The van der Waals surface area contributed by atoms with Crippen LogP contribution in [0.2, 0.25) is 0 Å². The smallest absolute Gasteiger partial charge is 0.0655 e. The quantitative estimate of drug-likeness (QED) is 0.904. The first kappa shape index (κ1) is 14.4. The lowest BCUT2D eigenvalue weighted by Crippen LogP contribution is -2.12. The van der Waals surface area contributed by atoms with Gasteiger partial charge >= 0.3 is 0 Å². The van der Waals surface area contributed by atoms with Gasteiger partial charge in [0.15, 0.2) is 0 Å². The van der Waals surface area contributed by atoms with Gasteiger partial charge in [0, 0.05) is 9.37 Å². The first-order valence-electron chi connectivity index (χ1n) is 6.13. The molecule has 0 amide bonds. The van der Waals surface area contributed by atoms with Crippen molar-refractivity contribution in [1.82, 2.24) is 0 Å². The summed E-state index contributed by atoms with van der Waals surface area (Å²) in [6, 6.07) is 17.5. The molecule has 2 atom stereocenters. The van der Waals surface area contributed by atoms with Gasteiger partial charge in [0.05, 0.1) is 16.0 Å². The van der Waals surface area contributed by atoms with Crippen LogP contribution in [0.4, 0.5) is 0 Å². The van der Waals surface area contributed by atoms with Crippen LogP contribution in [0, 0.1) is 0 Å². The van der Waals surface area contributed by atoms with E-state index in [1.165, 1.54) is 0 Å². The van der Waals surface area contributed by atoms with E-state index in [4.69, 9.17) is 5.73 Å². The average molecular weight is 338 g/mol. The number of hydrogen-bond acceptors (Lipinski definition) is 2. The minimum atomic E-state index is -1.08. The molecule has 0 aromatic heterocycles. The highest BCUT2D eigenvalue weighted by Crippen LogP contribution is 2.28. The molecule has 0 saturated heterocycles. The highest BCUT2D eigenvalue weighted by atomic mass is 79.9. The van der Waals surface area contributed by atoms with Crippen molar-refractivity contribution in [1.29, 1.82) is 0 Å². The van der Waals surface area contributed by atoms with Crippen molar-refractivity contribution in [3.8, 4) is 0 Å². The predicted molar refractivity (Wildman–Crippen MR) is 83.4 cm³/mol.